The van der Waals surface area contributed by atoms with E-state index < -0.39 is 19.8 Å². The molecule has 24 heavy (non-hydrogen) atoms. The van der Waals surface area contributed by atoms with E-state index in [1.165, 1.54) is 14.0 Å². The lowest BCUT2D eigenvalue weighted by atomic mass is 10.2. The molecule has 0 amide bonds. The van der Waals surface area contributed by atoms with Gasteiger partial charge < -0.3 is 9.26 Å². The number of nitrogens with one attached hydrogen (secondary N) is 1. The number of carbonyl (C=O) groups excluding carboxylic acids is 1. The van der Waals surface area contributed by atoms with Crippen LogP contribution in [0.2, 0.25) is 0 Å². The van der Waals surface area contributed by atoms with Crippen molar-refractivity contribution in [3.8, 4) is 5.75 Å². The lowest BCUT2D eigenvalue weighted by molar-refractivity contribution is -0.142. The van der Waals surface area contributed by atoms with Crippen molar-refractivity contribution in [1.82, 2.24) is 5.09 Å². The van der Waals surface area contributed by atoms with Crippen LogP contribution in [0.3, 0.4) is 0 Å². The number of para-hydroxylation sites is 1. The summed E-state index contributed by atoms with van der Waals surface area (Å²) in [5.41, 5.74) is 0.835. The zero-order valence-electron chi connectivity index (χ0n) is 13.5. The molecule has 7 heteroatoms. The van der Waals surface area contributed by atoms with Crippen LogP contribution in [0.1, 0.15) is 12.5 Å². The molecule has 0 fully saturated rings. The summed E-state index contributed by atoms with van der Waals surface area (Å²) in [4.78, 5) is 11.6. The van der Waals surface area contributed by atoms with Gasteiger partial charge in [0.05, 0.1) is 13.7 Å². The van der Waals surface area contributed by atoms with Gasteiger partial charge in [-0.2, -0.15) is 5.09 Å². The number of ether oxygens (including phenoxy) is 1. The van der Waals surface area contributed by atoms with Crippen LogP contribution >= 0.6 is 7.75 Å². The highest BCUT2D eigenvalue weighted by molar-refractivity contribution is 7.52. The summed E-state index contributed by atoms with van der Waals surface area (Å²) in [6.07, 6.45) is 0. The fourth-order valence-electron chi connectivity index (χ4n) is 1.91. The number of hydrogen-bond acceptors (Lipinski definition) is 5. The maximum Gasteiger partial charge on any atom is 0.459 e. The summed E-state index contributed by atoms with van der Waals surface area (Å²) < 4.78 is 28.7. The standard InChI is InChI=1S/C17H20NO5P/c1-14(17(19)21-2)18-24(20,23-16-11-7-4-8-12-16)22-13-15-9-5-3-6-10-15/h3-12,14H,13H2,1-2H3,(H,18,20)/t14-,24?/m0/s1. The predicted molar refractivity (Wildman–Crippen MR) is 90.5 cm³/mol. The van der Waals surface area contributed by atoms with Gasteiger partial charge in [0.15, 0.2) is 0 Å². The third-order valence-electron chi connectivity index (χ3n) is 3.12. The minimum Gasteiger partial charge on any atom is -0.468 e. The summed E-state index contributed by atoms with van der Waals surface area (Å²) in [7, 11) is -2.52. The van der Waals surface area contributed by atoms with E-state index in [2.05, 4.69) is 9.82 Å². The Balaban J connectivity index is 2.13. The second-order valence-corrected chi connectivity index (χ2v) is 6.73. The second kappa shape index (κ2) is 8.64. The number of carbonyl (C=O) groups is 1. The van der Waals surface area contributed by atoms with Crippen LogP contribution in [-0.4, -0.2) is 19.1 Å². The third-order valence-corrected chi connectivity index (χ3v) is 4.74. The zero-order chi connectivity index (χ0) is 17.4. The van der Waals surface area contributed by atoms with Crippen LogP contribution in [0.4, 0.5) is 0 Å². The van der Waals surface area contributed by atoms with E-state index in [0.29, 0.717) is 5.75 Å². The molecule has 2 atom stereocenters. The molecule has 2 aromatic rings. The van der Waals surface area contributed by atoms with Crippen molar-refractivity contribution in [1.29, 1.82) is 0 Å². The summed E-state index contributed by atoms with van der Waals surface area (Å²) >= 11 is 0. The van der Waals surface area contributed by atoms with Crippen molar-refractivity contribution in [2.75, 3.05) is 7.11 Å². The van der Waals surface area contributed by atoms with Gasteiger partial charge in [-0.25, -0.2) is 4.57 Å². The Morgan fingerprint density at radius 1 is 1.08 bits per heavy atom. The molecule has 0 aromatic heterocycles. The smallest absolute Gasteiger partial charge is 0.459 e. The summed E-state index contributed by atoms with van der Waals surface area (Å²) in [6.45, 7) is 1.60. The van der Waals surface area contributed by atoms with Crippen molar-refractivity contribution in [2.24, 2.45) is 0 Å². The van der Waals surface area contributed by atoms with Crippen molar-refractivity contribution < 1.29 is 23.1 Å². The fourth-order valence-corrected chi connectivity index (χ4v) is 3.39. The molecule has 0 saturated carbocycles. The van der Waals surface area contributed by atoms with Crippen LogP contribution in [-0.2, 0) is 25.2 Å². The van der Waals surface area contributed by atoms with Crippen molar-refractivity contribution in [2.45, 2.75) is 19.6 Å². The molecule has 1 unspecified atom stereocenters. The molecule has 2 aromatic carbocycles. The molecule has 0 bridgehead atoms. The Labute approximate surface area is 141 Å². The highest BCUT2D eigenvalue weighted by Crippen LogP contribution is 2.45. The fraction of sp³-hybridized carbons (Fsp3) is 0.235. The Morgan fingerprint density at radius 2 is 1.67 bits per heavy atom. The molecule has 0 spiro atoms. The lowest BCUT2D eigenvalue weighted by Gasteiger charge is -2.22. The minimum atomic E-state index is -3.78. The highest BCUT2D eigenvalue weighted by Gasteiger charge is 2.32. The molecule has 0 aliphatic carbocycles. The van der Waals surface area contributed by atoms with E-state index in [9.17, 15) is 9.36 Å². The van der Waals surface area contributed by atoms with Crippen molar-refractivity contribution in [3.63, 3.8) is 0 Å². The summed E-state index contributed by atoms with van der Waals surface area (Å²) in [5, 5.41) is 2.60. The van der Waals surface area contributed by atoms with Gasteiger partial charge in [0.2, 0.25) is 0 Å². The maximum absolute atomic E-state index is 13.0. The van der Waals surface area contributed by atoms with Gasteiger partial charge in [0.1, 0.15) is 11.8 Å². The van der Waals surface area contributed by atoms with Gasteiger partial charge in [-0.3, -0.25) is 9.32 Å². The molecule has 0 aliphatic heterocycles. The topological polar surface area (TPSA) is 73.9 Å². The van der Waals surface area contributed by atoms with E-state index in [0.717, 1.165) is 5.56 Å². The van der Waals surface area contributed by atoms with Crippen molar-refractivity contribution in [3.05, 3.63) is 66.2 Å². The molecular weight excluding hydrogens is 329 g/mol. The SMILES string of the molecule is COC(=O)[C@H](C)NP(=O)(OCc1ccccc1)Oc1ccccc1. The van der Waals surface area contributed by atoms with Gasteiger partial charge in [0.25, 0.3) is 0 Å². The Morgan fingerprint density at radius 3 is 2.25 bits per heavy atom. The second-order valence-electron chi connectivity index (χ2n) is 5.03. The average molecular weight is 349 g/mol. The molecule has 2 rings (SSSR count). The molecule has 1 N–H and O–H groups in total. The van der Waals surface area contributed by atoms with Crippen LogP contribution in [0.25, 0.3) is 0 Å². The Kier molecular flexibility index (Phi) is 6.55. The van der Waals surface area contributed by atoms with E-state index >= 15 is 0 Å². The van der Waals surface area contributed by atoms with Gasteiger partial charge in [-0.05, 0) is 24.6 Å². The van der Waals surface area contributed by atoms with E-state index in [1.54, 1.807) is 24.3 Å². The lowest BCUT2D eigenvalue weighted by Crippen LogP contribution is -2.34. The monoisotopic (exact) mass is 349 g/mol. The first-order valence-corrected chi connectivity index (χ1v) is 8.95. The summed E-state index contributed by atoms with van der Waals surface area (Å²) in [6, 6.07) is 17.0. The highest BCUT2D eigenvalue weighted by atomic mass is 31.2. The molecule has 0 heterocycles. The van der Waals surface area contributed by atoms with Gasteiger partial charge >= 0.3 is 13.7 Å². The van der Waals surface area contributed by atoms with E-state index in [1.807, 2.05) is 36.4 Å². The number of rotatable bonds is 8. The van der Waals surface area contributed by atoms with E-state index in [4.69, 9.17) is 9.05 Å². The molecular formula is C17H20NO5P. The molecule has 128 valence electrons. The van der Waals surface area contributed by atoms with Crippen LogP contribution in [0, 0.1) is 0 Å². The first kappa shape index (κ1) is 18.2. The first-order chi connectivity index (χ1) is 11.5. The zero-order valence-corrected chi connectivity index (χ0v) is 14.4. The van der Waals surface area contributed by atoms with Crippen molar-refractivity contribution >= 4 is 13.7 Å². The van der Waals surface area contributed by atoms with Gasteiger partial charge in [-0.15, -0.1) is 0 Å². The number of benzene rings is 2. The Hall–Kier alpha value is -2.14. The number of esters is 1. The van der Waals surface area contributed by atoms with Crippen LogP contribution in [0.15, 0.2) is 60.7 Å². The van der Waals surface area contributed by atoms with Crippen LogP contribution < -0.4 is 9.61 Å². The van der Waals surface area contributed by atoms with Crippen LogP contribution in [0.5, 0.6) is 5.75 Å². The number of hydrogen-bond donors (Lipinski definition) is 1. The van der Waals surface area contributed by atoms with Gasteiger partial charge in [-0.1, -0.05) is 48.5 Å². The number of methoxy groups -OCH3 is 1. The quantitative estimate of drug-likeness (QED) is 0.580. The largest absolute Gasteiger partial charge is 0.468 e. The minimum absolute atomic E-state index is 0.0752. The molecule has 6 nitrogen and oxygen atoms in total. The molecule has 0 aliphatic rings. The van der Waals surface area contributed by atoms with Gasteiger partial charge in [0, 0.05) is 0 Å². The summed E-state index contributed by atoms with van der Waals surface area (Å²) in [5.74, 6) is -0.186. The normalized spacial score (nSPS) is 14.4. The molecule has 0 saturated heterocycles. The van der Waals surface area contributed by atoms with E-state index in [-0.39, 0.29) is 6.61 Å². The Bertz CT molecular complexity index is 693. The maximum atomic E-state index is 13.0. The third kappa shape index (κ3) is 5.49. The predicted octanol–water partition coefficient (Wildman–Crippen LogP) is 3.54. The molecule has 0 radical (unpaired) electrons. The first-order valence-electron chi connectivity index (χ1n) is 7.41. The average Bonchev–Trinajstić information content (AvgIpc) is 2.61.